The summed E-state index contributed by atoms with van der Waals surface area (Å²) in [6.45, 7) is 3.30. The number of hydrogen-bond donors (Lipinski definition) is 1. The second-order valence-corrected chi connectivity index (χ2v) is 6.27. The Kier molecular flexibility index (Phi) is 7.33. The van der Waals surface area contributed by atoms with Crippen LogP contribution in [0.15, 0.2) is 0 Å². The van der Waals surface area contributed by atoms with Crippen molar-refractivity contribution < 1.29 is 23.4 Å². The van der Waals surface area contributed by atoms with E-state index in [0.717, 1.165) is 25.7 Å². The third kappa shape index (κ3) is 5.46. The lowest BCUT2D eigenvalue weighted by Crippen LogP contribution is -2.30. The van der Waals surface area contributed by atoms with Gasteiger partial charge in [0.15, 0.2) is 15.1 Å². The topological polar surface area (TPSA) is 80.7 Å². The maximum atomic E-state index is 11.6. The first-order valence-electron chi connectivity index (χ1n) is 5.52. The zero-order valence-electron chi connectivity index (χ0n) is 9.81. The number of carbonyl (C=O) groups excluding carboxylic acids is 1. The SMILES string of the molecule is CCCCCCCS(=O)(=O)C(C)C(=O)OO. The van der Waals surface area contributed by atoms with Gasteiger partial charge in [0, 0.05) is 0 Å². The van der Waals surface area contributed by atoms with E-state index in [1.807, 2.05) is 0 Å². The van der Waals surface area contributed by atoms with Crippen LogP contribution in [0.1, 0.15) is 46.0 Å². The molecule has 0 aromatic carbocycles. The van der Waals surface area contributed by atoms with Crippen LogP contribution in [0.4, 0.5) is 0 Å². The van der Waals surface area contributed by atoms with E-state index < -0.39 is 21.1 Å². The molecule has 16 heavy (non-hydrogen) atoms. The molecule has 5 nitrogen and oxygen atoms in total. The number of unbranched alkanes of at least 4 members (excludes halogenated alkanes) is 4. The van der Waals surface area contributed by atoms with E-state index in [4.69, 9.17) is 5.26 Å². The van der Waals surface area contributed by atoms with Crippen LogP contribution >= 0.6 is 0 Å². The van der Waals surface area contributed by atoms with Gasteiger partial charge in [0.1, 0.15) is 0 Å². The molecule has 96 valence electrons. The lowest BCUT2D eigenvalue weighted by Gasteiger charge is -2.09. The highest BCUT2D eigenvalue weighted by Crippen LogP contribution is 2.09. The summed E-state index contributed by atoms with van der Waals surface area (Å²) in [5, 5.41) is 6.81. The Balaban J connectivity index is 4.01. The van der Waals surface area contributed by atoms with Gasteiger partial charge in [0.05, 0.1) is 5.75 Å². The molecule has 0 heterocycles. The molecule has 0 spiro atoms. The molecule has 0 fully saturated rings. The van der Waals surface area contributed by atoms with Crippen LogP contribution in [0.3, 0.4) is 0 Å². The maximum absolute atomic E-state index is 11.6. The molecular formula is C10H20O5S. The fourth-order valence-electron chi connectivity index (χ4n) is 1.30. The smallest absolute Gasteiger partial charge is 0.300 e. The van der Waals surface area contributed by atoms with Crippen molar-refractivity contribution in [1.29, 1.82) is 0 Å². The Morgan fingerprint density at radius 3 is 2.31 bits per heavy atom. The van der Waals surface area contributed by atoms with E-state index in [9.17, 15) is 13.2 Å². The van der Waals surface area contributed by atoms with Crippen LogP contribution in [0.25, 0.3) is 0 Å². The van der Waals surface area contributed by atoms with E-state index >= 15 is 0 Å². The second kappa shape index (κ2) is 7.62. The minimum Gasteiger partial charge on any atom is -0.300 e. The van der Waals surface area contributed by atoms with Crippen molar-refractivity contribution in [3.05, 3.63) is 0 Å². The van der Waals surface area contributed by atoms with Gasteiger partial charge in [-0.15, -0.1) is 0 Å². The fraction of sp³-hybridized carbons (Fsp3) is 0.900. The first-order valence-corrected chi connectivity index (χ1v) is 7.24. The van der Waals surface area contributed by atoms with Gasteiger partial charge in [-0.1, -0.05) is 32.6 Å². The molecule has 0 aliphatic rings. The summed E-state index contributed by atoms with van der Waals surface area (Å²) in [5.74, 6) is -1.15. The van der Waals surface area contributed by atoms with Gasteiger partial charge < -0.3 is 0 Å². The molecule has 0 aromatic rings. The van der Waals surface area contributed by atoms with Crippen molar-refractivity contribution in [2.24, 2.45) is 0 Å². The van der Waals surface area contributed by atoms with E-state index in [1.165, 1.54) is 6.92 Å². The van der Waals surface area contributed by atoms with Crippen molar-refractivity contribution >= 4 is 15.8 Å². The molecule has 0 bridgehead atoms. The molecule has 0 amide bonds. The average Bonchev–Trinajstić information content (AvgIpc) is 2.26. The lowest BCUT2D eigenvalue weighted by molar-refractivity contribution is -0.233. The molecule has 0 radical (unpaired) electrons. The highest BCUT2D eigenvalue weighted by molar-refractivity contribution is 7.92. The summed E-state index contributed by atoms with van der Waals surface area (Å²) >= 11 is 0. The normalized spacial score (nSPS) is 13.4. The van der Waals surface area contributed by atoms with Gasteiger partial charge in [-0.25, -0.2) is 13.2 Å². The number of carbonyl (C=O) groups is 1. The molecule has 0 saturated carbocycles. The minimum absolute atomic E-state index is 0.0347. The predicted octanol–water partition coefficient (Wildman–Crippen LogP) is 1.78. The molecule has 0 aliphatic carbocycles. The molecule has 1 unspecified atom stereocenters. The van der Waals surface area contributed by atoms with Crippen LogP contribution in [-0.4, -0.2) is 30.6 Å². The Bertz CT molecular complexity index is 296. The van der Waals surface area contributed by atoms with Gasteiger partial charge in [0.2, 0.25) is 0 Å². The van der Waals surface area contributed by atoms with Crippen LogP contribution in [0.5, 0.6) is 0 Å². The van der Waals surface area contributed by atoms with E-state index in [1.54, 1.807) is 0 Å². The summed E-state index contributed by atoms with van der Waals surface area (Å²) in [6, 6.07) is 0. The van der Waals surface area contributed by atoms with Gasteiger partial charge in [0.25, 0.3) is 0 Å². The van der Waals surface area contributed by atoms with E-state index in [-0.39, 0.29) is 5.75 Å². The first kappa shape index (κ1) is 15.4. The largest absolute Gasteiger partial charge is 0.359 e. The molecule has 0 saturated heterocycles. The lowest BCUT2D eigenvalue weighted by atomic mass is 10.2. The highest BCUT2D eigenvalue weighted by atomic mass is 32.2. The zero-order valence-corrected chi connectivity index (χ0v) is 10.6. The first-order chi connectivity index (χ1) is 7.45. The maximum Gasteiger partial charge on any atom is 0.359 e. The van der Waals surface area contributed by atoms with Gasteiger partial charge in [-0.05, 0) is 13.3 Å². The van der Waals surface area contributed by atoms with Crippen molar-refractivity contribution in [2.75, 3.05) is 5.75 Å². The molecule has 0 aromatic heterocycles. The number of rotatable bonds is 8. The van der Waals surface area contributed by atoms with Crippen LogP contribution < -0.4 is 0 Å². The number of sulfone groups is 1. The zero-order chi connectivity index (χ0) is 12.6. The fourth-order valence-corrected chi connectivity index (χ4v) is 2.60. The second-order valence-electron chi connectivity index (χ2n) is 3.83. The van der Waals surface area contributed by atoms with Crippen molar-refractivity contribution in [3.8, 4) is 0 Å². The van der Waals surface area contributed by atoms with Crippen LogP contribution in [0, 0.1) is 0 Å². The molecule has 1 atom stereocenters. The average molecular weight is 252 g/mol. The molecule has 0 aliphatic heterocycles. The van der Waals surface area contributed by atoms with Crippen LogP contribution in [-0.2, 0) is 19.5 Å². The third-order valence-electron chi connectivity index (χ3n) is 2.49. The van der Waals surface area contributed by atoms with E-state index in [2.05, 4.69) is 11.8 Å². The van der Waals surface area contributed by atoms with Crippen molar-refractivity contribution in [3.63, 3.8) is 0 Å². The number of hydrogen-bond acceptors (Lipinski definition) is 5. The Hall–Kier alpha value is -0.620. The highest BCUT2D eigenvalue weighted by Gasteiger charge is 2.29. The van der Waals surface area contributed by atoms with Gasteiger partial charge in [-0.3, -0.25) is 4.89 Å². The molecule has 0 rings (SSSR count). The summed E-state index contributed by atoms with van der Waals surface area (Å²) in [7, 11) is -3.49. The van der Waals surface area contributed by atoms with Crippen molar-refractivity contribution in [1.82, 2.24) is 0 Å². The van der Waals surface area contributed by atoms with Crippen molar-refractivity contribution in [2.45, 2.75) is 51.2 Å². The Labute approximate surface area is 96.6 Å². The molecule has 6 heteroatoms. The Morgan fingerprint density at radius 2 is 1.81 bits per heavy atom. The summed E-state index contributed by atoms with van der Waals surface area (Å²) in [4.78, 5) is 14.3. The molecule has 1 N–H and O–H groups in total. The predicted molar refractivity (Wildman–Crippen MR) is 60.7 cm³/mol. The summed E-state index contributed by atoms with van der Waals surface area (Å²) in [6.07, 6.45) is 4.58. The monoisotopic (exact) mass is 252 g/mol. The molecular weight excluding hydrogens is 232 g/mol. The van der Waals surface area contributed by atoms with Gasteiger partial charge >= 0.3 is 5.97 Å². The quantitative estimate of drug-likeness (QED) is 0.404. The van der Waals surface area contributed by atoms with Gasteiger partial charge in [-0.2, -0.15) is 5.26 Å². The van der Waals surface area contributed by atoms with E-state index in [0.29, 0.717) is 6.42 Å². The standard InChI is InChI=1S/C10H20O5S/c1-3-4-5-6-7-8-16(13,14)9(2)10(11)15-12/h9,12H,3-8H2,1-2H3. The minimum atomic E-state index is -3.49. The summed E-state index contributed by atoms with van der Waals surface area (Å²) in [5.41, 5.74) is 0. The third-order valence-corrected chi connectivity index (χ3v) is 4.62. The van der Waals surface area contributed by atoms with Crippen LogP contribution in [0.2, 0.25) is 0 Å². The summed E-state index contributed by atoms with van der Waals surface area (Å²) < 4.78 is 23.1. The Morgan fingerprint density at radius 1 is 1.25 bits per heavy atom.